The molecule has 2 nitrogen and oxygen atoms in total. The average molecular weight is 140 g/mol. The van der Waals surface area contributed by atoms with Crippen LogP contribution in [0.4, 0.5) is 0 Å². The monoisotopic (exact) mass is 140 g/mol. The summed E-state index contributed by atoms with van der Waals surface area (Å²) in [4.78, 5) is 2.12. The van der Waals surface area contributed by atoms with Crippen LogP contribution >= 0.6 is 0 Å². The van der Waals surface area contributed by atoms with Crippen molar-refractivity contribution >= 4 is 0 Å². The van der Waals surface area contributed by atoms with Crippen molar-refractivity contribution < 1.29 is 0 Å². The second kappa shape index (κ2) is 5.28. The Balaban J connectivity index is 3.13. The first kappa shape index (κ1) is 9.48. The maximum Gasteiger partial charge on any atom is 0.0658 e. The maximum absolute atomic E-state index is 5.16. The highest BCUT2D eigenvalue weighted by Gasteiger charge is 1.93. The van der Waals surface area contributed by atoms with Gasteiger partial charge in [0.05, 0.1) is 6.04 Å². The van der Waals surface area contributed by atoms with Crippen LogP contribution in [0.25, 0.3) is 0 Å². The van der Waals surface area contributed by atoms with Gasteiger partial charge in [0.25, 0.3) is 0 Å². The Labute approximate surface area is 63.6 Å². The summed E-state index contributed by atoms with van der Waals surface area (Å²) >= 11 is 0. The summed E-state index contributed by atoms with van der Waals surface area (Å²) in [5.41, 5.74) is 0. The topological polar surface area (TPSA) is 15.3 Å². The summed E-state index contributed by atoms with van der Waals surface area (Å²) in [5, 5.41) is 3.19. The van der Waals surface area contributed by atoms with Crippen LogP contribution in [0.5, 0.6) is 0 Å². The van der Waals surface area contributed by atoms with Gasteiger partial charge in [-0.3, -0.25) is 0 Å². The first-order chi connectivity index (χ1) is 4.66. The minimum atomic E-state index is 0.194. The molecule has 0 aliphatic rings. The van der Waals surface area contributed by atoms with Gasteiger partial charge in [0.1, 0.15) is 0 Å². The highest BCUT2D eigenvalue weighted by atomic mass is 15.1. The van der Waals surface area contributed by atoms with Gasteiger partial charge in [0.2, 0.25) is 0 Å². The first-order valence-electron chi connectivity index (χ1n) is 3.51. The molecule has 1 N–H and O–H groups in total. The summed E-state index contributed by atoms with van der Waals surface area (Å²) in [5.74, 6) is 2.61. The molecule has 58 valence electrons. The molecule has 0 aliphatic heterocycles. The molecule has 0 aromatic heterocycles. The van der Waals surface area contributed by atoms with E-state index in [0.29, 0.717) is 0 Å². The summed E-state index contributed by atoms with van der Waals surface area (Å²) in [7, 11) is 4.09. The van der Waals surface area contributed by atoms with E-state index in [-0.39, 0.29) is 6.04 Å². The van der Waals surface area contributed by atoms with E-state index in [1.165, 1.54) is 0 Å². The van der Waals surface area contributed by atoms with Gasteiger partial charge >= 0.3 is 0 Å². The van der Waals surface area contributed by atoms with E-state index in [1.54, 1.807) is 0 Å². The Morgan fingerprint density at radius 3 is 2.60 bits per heavy atom. The highest BCUT2D eigenvalue weighted by molar-refractivity contribution is 4.95. The van der Waals surface area contributed by atoms with E-state index in [0.717, 1.165) is 13.1 Å². The smallest absolute Gasteiger partial charge is 0.0658 e. The molecule has 0 aromatic rings. The van der Waals surface area contributed by atoms with Crippen LogP contribution in [-0.4, -0.2) is 38.1 Å². The number of rotatable bonds is 4. The molecule has 0 heterocycles. The van der Waals surface area contributed by atoms with Crippen LogP contribution in [0.3, 0.4) is 0 Å². The normalized spacial score (nSPS) is 13.1. The minimum Gasteiger partial charge on any atom is -0.308 e. The van der Waals surface area contributed by atoms with Crippen LogP contribution in [0.1, 0.15) is 6.92 Å². The van der Waals surface area contributed by atoms with Crippen molar-refractivity contribution in [2.45, 2.75) is 13.0 Å². The van der Waals surface area contributed by atoms with Crippen molar-refractivity contribution in [1.29, 1.82) is 0 Å². The molecule has 0 saturated heterocycles. The molecule has 0 spiro atoms. The van der Waals surface area contributed by atoms with Crippen molar-refractivity contribution in [2.24, 2.45) is 0 Å². The van der Waals surface area contributed by atoms with Gasteiger partial charge in [-0.15, -0.1) is 6.42 Å². The summed E-state index contributed by atoms with van der Waals surface area (Å²) in [6.45, 7) is 3.97. The molecule has 0 aromatic carbocycles. The number of nitrogens with zero attached hydrogens (tertiary/aromatic N) is 1. The largest absolute Gasteiger partial charge is 0.308 e. The standard InChI is InChI=1S/C8H16N2/c1-5-8(2)9-6-7-10(3)4/h1,8-9H,6-7H2,2-4H3. The fourth-order valence-corrected chi connectivity index (χ4v) is 0.564. The third kappa shape index (κ3) is 5.61. The van der Waals surface area contributed by atoms with Gasteiger partial charge in [-0.05, 0) is 21.0 Å². The van der Waals surface area contributed by atoms with Gasteiger partial charge in [0.15, 0.2) is 0 Å². The fourth-order valence-electron chi connectivity index (χ4n) is 0.564. The molecule has 2 heteroatoms. The summed E-state index contributed by atoms with van der Waals surface area (Å²) < 4.78 is 0. The molecule has 1 unspecified atom stereocenters. The van der Waals surface area contributed by atoms with Crippen LogP contribution in [0.15, 0.2) is 0 Å². The van der Waals surface area contributed by atoms with E-state index in [4.69, 9.17) is 6.42 Å². The molecular formula is C8H16N2. The second-order valence-corrected chi connectivity index (χ2v) is 2.65. The van der Waals surface area contributed by atoms with Crippen LogP contribution in [0.2, 0.25) is 0 Å². The van der Waals surface area contributed by atoms with E-state index >= 15 is 0 Å². The molecule has 0 saturated carbocycles. The van der Waals surface area contributed by atoms with Crippen molar-refractivity contribution in [3.63, 3.8) is 0 Å². The zero-order valence-corrected chi connectivity index (χ0v) is 7.02. The fraction of sp³-hybridized carbons (Fsp3) is 0.750. The van der Waals surface area contributed by atoms with E-state index < -0.39 is 0 Å². The van der Waals surface area contributed by atoms with E-state index in [2.05, 4.69) is 16.1 Å². The second-order valence-electron chi connectivity index (χ2n) is 2.65. The third-order valence-electron chi connectivity index (χ3n) is 1.26. The summed E-state index contributed by atoms with van der Waals surface area (Å²) in [6, 6.07) is 0.194. The number of nitrogens with one attached hydrogen (secondary N) is 1. The van der Waals surface area contributed by atoms with Gasteiger partial charge < -0.3 is 10.2 Å². The number of likely N-dealkylation sites (N-methyl/N-ethyl adjacent to an activating group) is 1. The SMILES string of the molecule is C#CC(C)NCCN(C)C. The lowest BCUT2D eigenvalue weighted by Crippen LogP contribution is -2.31. The van der Waals surface area contributed by atoms with Gasteiger partial charge in [-0.2, -0.15) is 0 Å². The molecular weight excluding hydrogens is 124 g/mol. The van der Waals surface area contributed by atoms with Crippen LogP contribution < -0.4 is 5.32 Å². The highest BCUT2D eigenvalue weighted by Crippen LogP contribution is 1.76. The Bertz CT molecular complexity index is 113. The number of terminal acetylenes is 1. The molecule has 10 heavy (non-hydrogen) atoms. The molecule has 0 rings (SSSR count). The third-order valence-corrected chi connectivity index (χ3v) is 1.26. The molecule has 0 aliphatic carbocycles. The van der Waals surface area contributed by atoms with E-state index in [1.807, 2.05) is 21.0 Å². The Morgan fingerprint density at radius 2 is 2.20 bits per heavy atom. The van der Waals surface area contributed by atoms with Crippen molar-refractivity contribution in [3.05, 3.63) is 0 Å². The predicted octanol–water partition coefficient (Wildman–Crippen LogP) is 0.159. The van der Waals surface area contributed by atoms with Crippen molar-refractivity contribution in [1.82, 2.24) is 10.2 Å². The minimum absolute atomic E-state index is 0.194. The lowest BCUT2D eigenvalue weighted by molar-refractivity contribution is 0.397. The van der Waals surface area contributed by atoms with Crippen LogP contribution in [0, 0.1) is 12.3 Å². The van der Waals surface area contributed by atoms with Crippen LogP contribution in [-0.2, 0) is 0 Å². The quantitative estimate of drug-likeness (QED) is 0.560. The van der Waals surface area contributed by atoms with Crippen molar-refractivity contribution in [2.75, 3.05) is 27.2 Å². The lowest BCUT2D eigenvalue weighted by Gasteiger charge is -2.11. The Kier molecular flexibility index (Phi) is 5.00. The lowest BCUT2D eigenvalue weighted by atomic mass is 10.3. The maximum atomic E-state index is 5.16. The molecule has 0 amide bonds. The average Bonchev–Trinajstić information content (AvgIpc) is 1.87. The molecule has 0 radical (unpaired) electrons. The van der Waals surface area contributed by atoms with Crippen molar-refractivity contribution in [3.8, 4) is 12.3 Å². The first-order valence-corrected chi connectivity index (χ1v) is 3.51. The van der Waals surface area contributed by atoms with E-state index in [9.17, 15) is 0 Å². The Morgan fingerprint density at radius 1 is 1.60 bits per heavy atom. The number of hydrogen-bond donors (Lipinski definition) is 1. The zero-order chi connectivity index (χ0) is 7.98. The van der Waals surface area contributed by atoms with Gasteiger partial charge in [-0.1, -0.05) is 5.92 Å². The predicted molar refractivity (Wildman–Crippen MR) is 44.9 cm³/mol. The van der Waals surface area contributed by atoms with Gasteiger partial charge in [-0.25, -0.2) is 0 Å². The zero-order valence-electron chi connectivity index (χ0n) is 7.02. The summed E-state index contributed by atoms with van der Waals surface area (Å²) in [6.07, 6.45) is 5.16. The molecule has 0 bridgehead atoms. The number of hydrogen-bond acceptors (Lipinski definition) is 2. The molecule has 0 fully saturated rings. The van der Waals surface area contributed by atoms with Gasteiger partial charge in [0, 0.05) is 13.1 Å². The Hall–Kier alpha value is -0.520. The molecule has 1 atom stereocenters.